The Morgan fingerprint density at radius 1 is 1.50 bits per heavy atom. The van der Waals surface area contributed by atoms with Gasteiger partial charge in [-0.1, -0.05) is 17.7 Å². The molecular weight excluding hydrogens is 202 g/mol. The summed E-state index contributed by atoms with van der Waals surface area (Å²) in [6, 6.07) is 5.66. The number of rotatable bonds is 5. The second kappa shape index (κ2) is 5.82. The second-order valence-electron chi connectivity index (χ2n) is 2.78. The summed E-state index contributed by atoms with van der Waals surface area (Å²) >= 11 is 5.95. The predicted octanol–water partition coefficient (Wildman–Crippen LogP) is 0.859. The van der Waals surface area contributed by atoms with E-state index in [1.807, 2.05) is 18.2 Å². The topological polar surface area (TPSA) is 59.3 Å². The van der Waals surface area contributed by atoms with Crippen LogP contribution in [0, 0.1) is 0 Å². The summed E-state index contributed by atoms with van der Waals surface area (Å²) in [6.45, 7) is 1.28. The van der Waals surface area contributed by atoms with Crippen molar-refractivity contribution in [2.75, 3.05) is 13.8 Å². The number of benzene rings is 1. The van der Waals surface area contributed by atoms with E-state index in [2.05, 4.69) is 10.7 Å². The van der Waals surface area contributed by atoms with Gasteiger partial charge in [0.05, 0.1) is 18.8 Å². The first-order valence-corrected chi connectivity index (χ1v) is 4.62. The van der Waals surface area contributed by atoms with Gasteiger partial charge in [0.15, 0.2) is 0 Å². The number of halogens is 1. The monoisotopic (exact) mass is 215 g/mol. The van der Waals surface area contributed by atoms with Gasteiger partial charge < -0.3 is 4.74 Å². The molecule has 0 radical (unpaired) electrons. The Morgan fingerprint density at radius 2 is 2.29 bits per heavy atom. The van der Waals surface area contributed by atoms with Crippen molar-refractivity contribution in [2.24, 2.45) is 5.84 Å². The first kappa shape index (κ1) is 11.3. The summed E-state index contributed by atoms with van der Waals surface area (Å²) < 4.78 is 5.04. The van der Waals surface area contributed by atoms with Crippen molar-refractivity contribution >= 4 is 11.6 Å². The van der Waals surface area contributed by atoms with Crippen LogP contribution in [-0.4, -0.2) is 13.8 Å². The van der Waals surface area contributed by atoms with Crippen LogP contribution in [0.2, 0.25) is 5.02 Å². The standard InChI is InChI=1S/C9H14ClN3O/c1-14-9-3-2-7(4-8(9)10)5-12-6-13-11/h2-4,12-13H,5-6,11H2,1H3. The fraction of sp³-hybridized carbons (Fsp3) is 0.333. The fourth-order valence-electron chi connectivity index (χ4n) is 1.10. The van der Waals surface area contributed by atoms with Crippen LogP contribution < -0.4 is 21.3 Å². The SMILES string of the molecule is COc1ccc(CNCNN)cc1Cl. The summed E-state index contributed by atoms with van der Waals surface area (Å²) in [7, 11) is 1.59. The van der Waals surface area contributed by atoms with E-state index < -0.39 is 0 Å². The minimum Gasteiger partial charge on any atom is -0.495 e. The Morgan fingerprint density at radius 3 is 2.86 bits per heavy atom. The van der Waals surface area contributed by atoms with Gasteiger partial charge in [0.25, 0.3) is 0 Å². The lowest BCUT2D eigenvalue weighted by molar-refractivity contribution is 0.415. The maximum Gasteiger partial charge on any atom is 0.137 e. The van der Waals surface area contributed by atoms with Gasteiger partial charge in [0, 0.05) is 6.54 Å². The normalized spacial score (nSPS) is 10.2. The molecule has 0 spiro atoms. The Balaban J connectivity index is 2.57. The Kier molecular flexibility index (Phi) is 4.69. The van der Waals surface area contributed by atoms with E-state index >= 15 is 0 Å². The maximum absolute atomic E-state index is 5.95. The molecule has 1 aromatic rings. The van der Waals surface area contributed by atoms with Gasteiger partial charge in [-0.3, -0.25) is 11.2 Å². The van der Waals surface area contributed by atoms with E-state index in [4.69, 9.17) is 22.2 Å². The smallest absolute Gasteiger partial charge is 0.137 e. The van der Waals surface area contributed by atoms with Crippen molar-refractivity contribution in [3.05, 3.63) is 28.8 Å². The number of hydrogen-bond acceptors (Lipinski definition) is 4. The number of hydrogen-bond donors (Lipinski definition) is 3. The van der Waals surface area contributed by atoms with Crippen LogP contribution in [0.1, 0.15) is 5.56 Å². The summed E-state index contributed by atoms with van der Waals surface area (Å²) in [5, 5.41) is 3.70. The zero-order chi connectivity index (χ0) is 10.4. The third-order valence-electron chi connectivity index (χ3n) is 1.77. The van der Waals surface area contributed by atoms with E-state index in [0.717, 1.165) is 5.56 Å². The minimum absolute atomic E-state index is 0.559. The van der Waals surface area contributed by atoms with Crippen molar-refractivity contribution in [3.63, 3.8) is 0 Å². The van der Waals surface area contributed by atoms with Crippen LogP contribution in [-0.2, 0) is 6.54 Å². The number of ether oxygens (including phenoxy) is 1. The van der Waals surface area contributed by atoms with Gasteiger partial charge in [-0.25, -0.2) is 5.43 Å². The third kappa shape index (κ3) is 3.16. The van der Waals surface area contributed by atoms with Gasteiger partial charge in [-0.15, -0.1) is 0 Å². The van der Waals surface area contributed by atoms with Crippen LogP contribution >= 0.6 is 11.6 Å². The quantitative estimate of drug-likeness (QED) is 0.295. The molecule has 78 valence electrons. The lowest BCUT2D eigenvalue weighted by atomic mass is 10.2. The van der Waals surface area contributed by atoms with E-state index in [-0.39, 0.29) is 0 Å². The Labute approximate surface area is 88.4 Å². The molecule has 0 aliphatic heterocycles. The summed E-state index contributed by atoms with van der Waals surface area (Å²) in [5.41, 5.74) is 3.60. The largest absolute Gasteiger partial charge is 0.495 e. The minimum atomic E-state index is 0.559. The molecule has 1 rings (SSSR count). The van der Waals surface area contributed by atoms with Gasteiger partial charge in [0.1, 0.15) is 5.75 Å². The third-order valence-corrected chi connectivity index (χ3v) is 2.07. The summed E-state index contributed by atoms with van der Waals surface area (Å²) in [6.07, 6.45) is 0. The molecular formula is C9H14ClN3O. The van der Waals surface area contributed by atoms with Gasteiger partial charge >= 0.3 is 0 Å². The van der Waals surface area contributed by atoms with Gasteiger partial charge in [-0.2, -0.15) is 0 Å². The highest BCUT2D eigenvalue weighted by Gasteiger charge is 2.00. The Bertz CT molecular complexity index is 293. The summed E-state index contributed by atoms with van der Waals surface area (Å²) in [5.74, 6) is 5.80. The molecule has 0 unspecified atom stereocenters. The zero-order valence-corrected chi connectivity index (χ0v) is 8.77. The average Bonchev–Trinajstić information content (AvgIpc) is 2.18. The molecule has 0 aliphatic carbocycles. The van der Waals surface area contributed by atoms with Crippen LogP contribution in [0.5, 0.6) is 5.75 Å². The molecule has 4 N–H and O–H groups in total. The average molecular weight is 216 g/mol. The lowest BCUT2D eigenvalue weighted by Crippen LogP contribution is -2.33. The molecule has 0 aliphatic rings. The highest BCUT2D eigenvalue weighted by molar-refractivity contribution is 6.32. The van der Waals surface area contributed by atoms with E-state index in [9.17, 15) is 0 Å². The van der Waals surface area contributed by atoms with Crippen molar-refractivity contribution in [3.8, 4) is 5.75 Å². The molecule has 0 bridgehead atoms. The predicted molar refractivity (Wildman–Crippen MR) is 57.0 cm³/mol. The molecule has 0 saturated carbocycles. The van der Waals surface area contributed by atoms with Crippen LogP contribution in [0.15, 0.2) is 18.2 Å². The van der Waals surface area contributed by atoms with E-state index in [0.29, 0.717) is 24.0 Å². The molecule has 0 heterocycles. The van der Waals surface area contributed by atoms with Gasteiger partial charge in [0.2, 0.25) is 0 Å². The van der Waals surface area contributed by atoms with Crippen LogP contribution in [0.25, 0.3) is 0 Å². The molecule has 1 aromatic carbocycles. The van der Waals surface area contributed by atoms with Crippen molar-refractivity contribution in [2.45, 2.75) is 6.54 Å². The number of nitrogens with two attached hydrogens (primary N) is 1. The summed E-state index contributed by atoms with van der Waals surface area (Å²) in [4.78, 5) is 0. The fourth-order valence-corrected chi connectivity index (χ4v) is 1.38. The molecule has 0 fully saturated rings. The first-order chi connectivity index (χ1) is 6.77. The van der Waals surface area contributed by atoms with Crippen LogP contribution in [0.3, 0.4) is 0 Å². The molecule has 0 saturated heterocycles. The van der Waals surface area contributed by atoms with Crippen molar-refractivity contribution < 1.29 is 4.74 Å². The first-order valence-electron chi connectivity index (χ1n) is 4.24. The van der Waals surface area contributed by atoms with E-state index in [1.54, 1.807) is 7.11 Å². The lowest BCUT2D eigenvalue weighted by Gasteiger charge is -2.06. The second-order valence-corrected chi connectivity index (χ2v) is 3.18. The highest BCUT2D eigenvalue weighted by Crippen LogP contribution is 2.24. The Hall–Kier alpha value is -0.810. The van der Waals surface area contributed by atoms with Crippen LogP contribution in [0.4, 0.5) is 0 Å². The van der Waals surface area contributed by atoms with Crippen molar-refractivity contribution in [1.29, 1.82) is 0 Å². The van der Waals surface area contributed by atoms with Crippen molar-refractivity contribution in [1.82, 2.24) is 10.7 Å². The maximum atomic E-state index is 5.95. The van der Waals surface area contributed by atoms with Gasteiger partial charge in [-0.05, 0) is 17.7 Å². The van der Waals surface area contributed by atoms with E-state index in [1.165, 1.54) is 0 Å². The molecule has 14 heavy (non-hydrogen) atoms. The number of nitrogens with one attached hydrogen (secondary N) is 2. The molecule has 4 nitrogen and oxygen atoms in total. The molecule has 0 atom stereocenters. The molecule has 0 aromatic heterocycles. The molecule has 5 heteroatoms. The zero-order valence-electron chi connectivity index (χ0n) is 8.01. The number of hydrazine groups is 1. The highest BCUT2D eigenvalue weighted by atomic mass is 35.5. The number of methoxy groups -OCH3 is 1. The molecule has 0 amide bonds.